The Bertz CT molecular complexity index is 1630. The number of nitrogen functional groups attached to an aromatic ring is 2. The van der Waals surface area contributed by atoms with Crippen LogP contribution in [0.15, 0.2) is 97.1 Å². The van der Waals surface area contributed by atoms with Gasteiger partial charge in [-0.05, 0) is 78.9 Å². The Labute approximate surface area is 245 Å². The summed E-state index contributed by atoms with van der Waals surface area (Å²) < 4.78 is 14.5. The van der Waals surface area contributed by atoms with Crippen LogP contribution in [0.5, 0.6) is 11.5 Å². The lowest BCUT2D eigenvalue weighted by Crippen LogP contribution is -2.50. The molecule has 11 heteroatoms. The van der Waals surface area contributed by atoms with E-state index in [1.54, 1.807) is 18.2 Å². The molecule has 2 heterocycles. The van der Waals surface area contributed by atoms with Crippen molar-refractivity contribution in [1.29, 1.82) is 0 Å². The first-order valence-electron chi connectivity index (χ1n) is 13.4. The van der Waals surface area contributed by atoms with E-state index in [0.717, 1.165) is 22.7 Å². The summed E-state index contributed by atoms with van der Waals surface area (Å²) >= 11 is 0. The molecule has 6 N–H and O–H groups in total. The van der Waals surface area contributed by atoms with E-state index >= 15 is 0 Å². The number of carbonyl (C=O) groups excluding carboxylic acids is 4. The van der Waals surface area contributed by atoms with Crippen molar-refractivity contribution < 1.29 is 33.4 Å². The SMILES string of the molecule is Nc1ccc(Oc2ccc(Nc3ccc(Nc4ccccc4)cc3)cc2)c(N)c1.O=C1OC(=O)C2C1C1C(=O)OC(=O)C21. The zero-order chi connectivity index (χ0) is 30.1. The number of fused-ring (bicyclic) bond motifs is 4. The Morgan fingerprint density at radius 1 is 0.535 bits per heavy atom. The van der Waals surface area contributed by atoms with E-state index in [2.05, 4.69) is 20.1 Å². The number of ether oxygens (including phenoxy) is 3. The normalized spacial score (nSPS) is 21.3. The van der Waals surface area contributed by atoms with E-state index in [-0.39, 0.29) is 0 Å². The number of esters is 4. The standard InChI is InChI=1S/C24H22N4O.C8H4O6/c25-17-6-15-24(23(26)16-17)29-22-13-11-21(12-14-22)28-20-9-7-19(8-10-20)27-18-4-2-1-3-5-18;9-5-1-2(6(10)13-5)4-3(1)7(11)14-8(4)12/h1-16,27-28H,25-26H2;1-4H. The second kappa shape index (κ2) is 11.2. The number of rotatable bonds is 6. The van der Waals surface area contributed by atoms with Crippen molar-refractivity contribution >= 4 is 58.0 Å². The van der Waals surface area contributed by atoms with Crippen LogP contribution >= 0.6 is 0 Å². The van der Waals surface area contributed by atoms with E-state index in [0.29, 0.717) is 22.9 Å². The van der Waals surface area contributed by atoms with Crippen LogP contribution in [0.3, 0.4) is 0 Å². The molecule has 0 atom stereocenters. The van der Waals surface area contributed by atoms with E-state index in [1.807, 2.05) is 78.9 Å². The fraction of sp³-hybridized carbons (Fsp3) is 0.125. The van der Waals surface area contributed by atoms with Gasteiger partial charge in [-0.2, -0.15) is 0 Å². The third-order valence-corrected chi connectivity index (χ3v) is 7.39. The number of hydrogen-bond acceptors (Lipinski definition) is 11. The lowest BCUT2D eigenvalue weighted by atomic mass is 9.59. The van der Waals surface area contributed by atoms with Crippen molar-refractivity contribution in [3.63, 3.8) is 0 Å². The number of cyclic esters (lactones) is 4. The van der Waals surface area contributed by atoms with Crippen molar-refractivity contribution in [2.75, 3.05) is 22.1 Å². The smallest absolute Gasteiger partial charge is 0.318 e. The van der Waals surface area contributed by atoms with Crippen LogP contribution in [0, 0.1) is 23.7 Å². The van der Waals surface area contributed by atoms with E-state index in [9.17, 15) is 19.2 Å². The average Bonchev–Trinajstić information content (AvgIpc) is 3.34. The summed E-state index contributed by atoms with van der Waals surface area (Å²) in [5, 5.41) is 6.75. The molecule has 216 valence electrons. The highest BCUT2D eigenvalue weighted by atomic mass is 16.6. The first kappa shape index (κ1) is 27.3. The summed E-state index contributed by atoms with van der Waals surface area (Å²) in [6.45, 7) is 0. The van der Waals surface area contributed by atoms with Crippen LogP contribution in [0.1, 0.15) is 0 Å². The lowest BCUT2D eigenvalue weighted by Gasteiger charge is -2.33. The number of carbonyl (C=O) groups is 4. The van der Waals surface area contributed by atoms with Crippen molar-refractivity contribution in [2.24, 2.45) is 23.7 Å². The first-order valence-corrected chi connectivity index (χ1v) is 13.4. The molecule has 1 saturated carbocycles. The fourth-order valence-corrected chi connectivity index (χ4v) is 5.28. The Balaban J connectivity index is 0.000000195. The van der Waals surface area contributed by atoms with Gasteiger partial charge in [0, 0.05) is 28.4 Å². The van der Waals surface area contributed by atoms with E-state index in [4.69, 9.17) is 16.2 Å². The topological polar surface area (TPSA) is 172 Å². The minimum atomic E-state index is -0.786. The van der Waals surface area contributed by atoms with Crippen LogP contribution in [0.2, 0.25) is 0 Å². The summed E-state index contributed by atoms with van der Waals surface area (Å²) in [4.78, 5) is 44.3. The molecule has 3 fully saturated rings. The van der Waals surface area contributed by atoms with Gasteiger partial charge in [-0.15, -0.1) is 0 Å². The second-order valence-electron chi connectivity index (χ2n) is 10.2. The third kappa shape index (κ3) is 5.55. The van der Waals surface area contributed by atoms with Crippen molar-refractivity contribution in [1.82, 2.24) is 0 Å². The highest BCUT2D eigenvalue weighted by Gasteiger charge is 2.72. The average molecular weight is 579 g/mol. The van der Waals surface area contributed by atoms with Crippen LogP contribution in [0.4, 0.5) is 34.1 Å². The van der Waals surface area contributed by atoms with Crippen molar-refractivity contribution in [2.45, 2.75) is 0 Å². The van der Waals surface area contributed by atoms with Gasteiger partial charge in [0.15, 0.2) is 0 Å². The van der Waals surface area contributed by atoms with E-state index < -0.39 is 47.5 Å². The van der Waals surface area contributed by atoms with Gasteiger partial charge in [-0.25, -0.2) is 0 Å². The number of nitrogens with one attached hydrogen (secondary N) is 2. The van der Waals surface area contributed by atoms with Crippen LogP contribution in [-0.4, -0.2) is 23.9 Å². The molecule has 1 aliphatic carbocycles. The summed E-state index contributed by atoms with van der Waals surface area (Å²) in [6, 6.07) is 31.1. The first-order chi connectivity index (χ1) is 20.8. The maximum absolute atomic E-state index is 11.1. The number of nitrogens with two attached hydrogens (primary N) is 2. The monoisotopic (exact) mass is 578 g/mol. The molecule has 11 nitrogen and oxygen atoms in total. The van der Waals surface area contributed by atoms with Gasteiger partial charge in [-0.3, -0.25) is 19.2 Å². The maximum atomic E-state index is 11.1. The van der Waals surface area contributed by atoms with Gasteiger partial charge in [0.1, 0.15) is 11.5 Å². The van der Waals surface area contributed by atoms with Gasteiger partial charge < -0.3 is 36.3 Å². The van der Waals surface area contributed by atoms with Gasteiger partial charge in [0.2, 0.25) is 0 Å². The van der Waals surface area contributed by atoms with Crippen LogP contribution in [-0.2, 0) is 28.7 Å². The molecule has 43 heavy (non-hydrogen) atoms. The summed E-state index contributed by atoms with van der Waals surface area (Å²) in [7, 11) is 0. The molecule has 2 aliphatic heterocycles. The van der Waals surface area contributed by atoms with Gasteiger partial charge in [-0.1, -0.05) is 18.2 Å². The molecule has 7 rings (SSSR count). The quantitative estimate of drug-likeness (QED) is 0.141. The van der Waals surface area contributed by atoms with Gasteiger partial charge in [0.25, 0.3) is 0 Å². The highest BCUT2D eigenvalue weighted by molar-refractivity contribution is 6.10. The predicted octanol–water partition coefficient (Wildman–Crippen LogP) is 4.76. The Hall–Kier alpha value is -5.84. The number of para-hydroxylation sites is 1. The fourth-order valence-electron chi connectivity index (χ4n) is 5.28. The molecular formula is C32H26N4O7. The van der Waals surface area contributed by atoms with Gasteiger partial charge in [0.05, 0.1) is 29.4 Å². The molecule has 4 aromatic rings. The summed E-state index contributed by atoms with van der Waals surface area (Å²) in [5.41, 5.74) is 16.8. The van der Waals surface area contributed by atoms with Crippen molar-refractivity contribution in [3.05, 3.63) is 97.1 Å². The molecule has 0 aromatic heterocycles. The Morgan fingerprint density at radius 2 is 0.953 bits per heavy atom. The van der Waals surface area contributed by atoms with Crippen LogP contribution < -0.4 is 26.8 Å². The summed E-state index contributed by atoms with van der Waals surface area (Å²) in [5.74, 6) is -4.71. The maximum Gasteiger partial charge on any atom is 0.318 e. The summed E-state index contributed by atoms with van der Waals surface area (Å²) in [6.07, 6.45) is 0. The molecule has 0 bridgehead atoms. The zero-order valence-corrected chi connectivity index (χ0v) is 22.6. The molecule has 0 radical (unpaired) electrons. The lowest BCUT2D eigenvalue weighted by molar-refractivity contribution is -0.158. The number of hydrogen-bond donors (Lipinski definition) is 4. The van der Waals surface area contributed by atoms with E-state index in [1.165, 1.54) is 0 Å². The minimum Gasteiger partial charge on any atom is -0.455 e. The van der Waals surface area contributed by atoms with Crippen molar-refractivity contribution in [3.8, 4) is 11.5 Å². The third-order valence-electron chi connectivity index (χ3n) is 7.39. The Kier molecular flexibility index (Phi) is 7.12. The molecule has 3 aliphatic rings. The molecular weight excluding hydrogens is 552 g/mol. The largest absolute Gasteiger partial charge is 0.455 e. The van der Waals surface area contributed by atoms with Gasteiger partial charge >= 0.3 is 23.9 Å². The van der Waals surface area contributed by atoms with Crippen LogP contribution in [0.25, 0.3) is 0 Å². The molecule has 4 aromatic carbocycles. The highest BCUT2D eigenvalue weighted by Crippen LogP contribution is 2.54. The predicted molar refractivity (Wildman–Crippen MR) is 157 cm³/mol. The molecule has 0 amide bonds. The zero-order valence-electron chi connectivity index (χ0n) is 22.6. The molecule has 2 saturated heterocycles. The molecule has 0 spiro atoms. The number of anilines is 6. The minimum absolute atomic E-state index is 0.511. The Morgan fingerprint density at radius 3 is 1.40 bits per heavy atom. The second-order valence-corrected chi connectivity index (χ2v) is 10.2. The number of benzene rings is 4. The molecule has 0 unspecified atom stereocenters.